The second-order valence-corrected chi connectivity index (χ2v) is 15.5. The van der Waals surface area contributed by atoms with Crippen molar-refractivity contribution in [1.82, 2.24) is 19.5 Å². The van der Waals surface area contributed by atoms with Crippen LogP contribution in [0.5, 0.6) is 0 Å². The van der Waals surface area contributed by atoms with Crippen molar-refractivity contribution in [2.45, 2.75) is 0 Å². The Morgan fingerprint density at radius 1 is 0.306 bits per heavy atom. The molecule has 9 aromatic carbocycles. The minimum Gasteiger partial charge on any atom is -0.456 e. The molecule has 0 aliphatic rings. The van der Waals surface area contributed by atoms with Crippen molar-refractivity contribution in [3.8, 4) is 73.2 Å². The molecule has 0 radical (unpaired) electrons. The summed E-state index contributed by atoms with van der Waals surface area (Å²) < 4.78 is 8.83. The van der Waals surface area contributed by atoms with Crippen molar-refractivity contribution in [3.05, 3.63) is 218 Å². The van der Waals surface area contributed by atoms with Gasteiger partial charge in [0.1, 0.15) is 11.2 Å². The highest BCUT2D eigenvalue weighted by molar-refractivity contribution is 6.17. The predicted octanol–water partition coefficient (Wildman–Crippen LogP) is 14.9. The Bertz CT molecular complexity index is 3500. The molecule has 0 N–H and O–H groups in total. The van der Waals surface area contributed by atoms with E-state index in [0.29, 0.717) is 17.5 Å². The number of hydrogen-bond donors (Lipinski definition) is 0. The molecule has 0 aliphatic heterocycles. The first-order valence-corrected chi connectivity index (χ1v) is 20.9. The Hall–Kier alpha value is -8.41. The maximum Gasteiger partial charge on any atom is 0.166 e. The van der Waals surface area contributed by atoms with E-state index in [2.05, 4.69) is 174 Å². The molecule has 0 aliphatic carbocycles. The number of benzene rings is 9. The summed E-state index contributed by atoms with van der Waals surface area (Å²) in [6.45, 7) is 0. The van der Waals surface area contributed by atoms with Gasteiger partial charge in [0.2, 0.25) is 0 Å². The average Bonchev–Trinajstić information content (AvgIpc) is 3.88. The Morgan fingerprint density at radius 3 is 1.47 bits per heavy atom. The summed E-state index contributed by atoms with van der Waals surface area (Å²) in [6.07, 6.45) is 0. The number of nitrogens with zero attached hydrogens (tertiary/aromatic N) is 4. The minimum absolute atomic E-state index is 0.578. The Balaban J connectivity index is 1.20. The highest BCUT2D eigenvalue weighted by Crippen LogP contribution is 2.45. The van der Waals surface area contributed by atoms with Gasteiger partial charge in [0.25, 0.3) is 0 Å². The van der Waals surface area contributed by atoms with E-state index in [-0.39, 0.29) is 0 Å². The highest BCUT2D eigenvalue weighted by Gasteiger charge is 2.23. The van der Waals surface area contributed by atoms with Crippen LogP contribution in [-0.4, -0.2) is 19.5 Å². The fourth-order valence-electron chi connectivity index (χ4n) is 9.02. The third-order valence-corrected chi connectivity index (χ3v) is 11.9. The first-order valence-electron chi connectivity index (χ1n) is 20.9. The standard InChI is InChI=1S/C57H36N4O/c1-5-18-37(19-6-1)42-28-17-29-43(38-20-7-2-8-21-38)54(42)41-32-33-50(48(34-41)57-59-55(39-22-9-3-10-23-39)58-56(60-57)40-24-11-4-12-25-40)61-49-30-15-13-26-44(49)46-36-53-47(35-51(46)61)45-27-14-16-31-52(45)62-53/h1-36H. The molecule has 3 aromatic heterocycles. The summed E-state index contributed by atoms with van der Waals surface area (Å²) in [5.74, 6) is 1.79. The van der Waals surface area contributed by atoms with Gasteiger partial charge in [0.15, 0.2) is 17.5 Å². The average molecular weight is 793 g/mol. The van der Waals surface area contributed by atoms with Crippen LogP contribution in [0, 0.1) is 0 Å². The van der Waals surface area contributed by atoms with E-state index in [9.17, 15) is 0 Å². The van der Waals surface area contributed by atoms with Gasteiger partial charge in [0, 0.05) is 38.2 Å². The molecule has 62 heavy (non-hydrogen) atoms. The summed E-state index contributed by atoms with van der Waals surface area (Å²) in [6, 6.07) is 76.4. The predicted molar refractivity (Wildman–Crippen MR) is 254 cm³/mol. The maximum atomic E-state index is 6.45. The maximum absolute atomic E-state index is 6.45. The Morgan fingerprint density at radius 2 is 0.839 bits per heavy atom. The number of para-hydroxylation sites is 2. The highest BCUT2D eigenvalue weighted by atomic mass is 16.3. The fourth-order valence-corrected chi connectivity index (χ4v) is 9.02. The molecule has 0 fully saturated rings. The Labute approximate surface area is 357 Å². The van der Waals surface area contributed by atoms with Crippen molar-refractivity contribution < 1.29 is 4.42 Å². The molecule has 0 bridgehead atoms. The molecule has 12 aromatic rings. The van der Waals surface area contributed by atoms with Crippen LogP contribution in [0.1, 0.15) is 0 Å². The second kappa shape index (κ2) is 14.7. The quantitative estimate of drug-likeness (QED) is 0.161. The lowest BCUT2D eigenvalue weighted by molar-refractivity contribution is 0.669. The van der Waals surface area contributed by atoms with E-state index >= 15 is 0 Å². The topological polar surface area (TPSA) is 56.7 Å². The molecular weight excluding hydrogens is 757 g/mol. The molecule has 0 amide bonds. The monoisotopic (exact) mass is 792 g/mol. The zero-order valence-corrected chi connectivity index (χ0v) is 33.5. The summed E-state index contributed by atoms with van der Waals surface area (Å²) >= 11 is 0. The molecule has 290 valence electrons. The van der Waals surface area contributed by atoms with Gasteiger partial charge in [-0.1, -0.05) is 182 Å². The van der Waals surface area contributed by atoms with Crippen LogP contribution in [0.2, 0.25) is 0 Å². The summed E-state index contributed by atoms with van der Waals surface area (Å²) in [5.41, 5.74) is 14.3. The molecule has 0 spiro atoms. The van der Waals surface area contributed by atoms with Gasteiger partial charge in [-0.2, -0.15) is 0 Å². The molecule has 0 unspecified atom stereocenters. The molecule has 5 nitrogen and oxygen atoms in total. The van der Waals surface area contributed by atoms with Crippen LogP contribution in [0.4, 0.5) is 0 Å². The lowest BCUT2D eigenvalue weighted by Crippen LogP contribution is -2.04. The third kappa shape index (κ3) is 5.98. The van der Waals surface area contributed by atoms with E-state index in [4.69, 9.17) is 19.4 Å². The zero-order valence-electron chi connectivity index (χ0n) is 33.5. The number of furan rings is 1. The van der Waals surface area contributed by atoms with Gasteiger partial charge in [-0.25, -0.2) is 15.0 Å². The van der Waals surface area contributed by atoms with Gasteiger partial charge < -0.3 is 8.98 Å². The summed E-state index contributed by atoms with van der Waals surface area (Å²) in [5, 5.41) is 4.39. The summed E-state index contributed by atoms with van der Waals surface area (Å²) in [7, 11) is 0. The normalized spacial score (nSPS) is 11.5. The second-order valence-electron chi connectivity index (χ2n) is 15.5. The smallest absolute Gasteiger partial charge is 0.166 e. The van der Waals surface area contributed by atoms with E-state index in [1.807, 2.05) is 48.5 Å². The van der Waals surface area contributed by atoms with Gasteiger partial charge in [-0.15, -0.1) is 0 Å². The number of aromatic nitrogens is 4. The molecule has 12 rings (SSSR count). The van der Waals surface area contributed by atoms with Crippen molar-refractivity contribution in [1.29, 1.82) is 0 Å². The van der Waals surface area contributed by atoms with Crippen LogP contribution < -0.4 is 0 Å². The first-order chi connectivity index (χ1) is 30.7. The lowest BCUT2D eigenvalue weighted by Gasteiger charge is -2.20. The largest absolute Gasteiger partial charge is 0.456 e. The molecule has 3 heterocycles. The van der Waals surface area contributed by atoms with E-state index in [0.717, 1.165) is 99.5 Å². The van der Waals surface area contributed by atoms with Crippen molar-refractivity contribution in [2.75, 3.05) is 0 Å². The first kappa shape index (κ1) is 35.5. The zero-order chi connectivity index (χ0) is 41.0. The SMILES string of the molecule is c1ccc(-c2nc(-c3ccccc3)nc(-c3cc(-c4c(-c5ccccc5)cccc4-c4ccccc4)ccc3-n3c4ccccc4c4cc5oc6ccccc6c5cc43)n2)cc1. The van der Waals surface area contributed by atoms with E-state index < -0.39 is 0 Å². The molecule has 0 saturated carbocycles. The number of fused-ring (bicyclic) bond motifs is 6. The van der Waals surface area contributed by atoms with Crippen LogP contribution >= 0.6 is 0 Å². The van der Waals surface area contributed by atoms with Crippen molar-refractivity contribution >= 4 is 43.7 Å². The molecule has 0 atom stereocenters. The van der Waals surface area contributed by atoms with Gasteiger partial charge in [-0.3, -0.25) is 0 Å². The van der Waals surface area contributed by atoms with Gasteiger partial charge >= 0.3 is 0 Å². The summed E-state index contributed by atoms with van der Waals surface area (Å²) in [4.78, 5) is 15.8. The lowest BCUT2D eigenvalue weighted by atomic mass is 9.87. The fraction of sp³-hybridized carbons (Fsp3) is 0. The van der Waals surface area contributed by atoms with Gasteiger partial charge in [-0.05, 0) is 69.8 Å². The third-order valence-electron chi connectivity index (χ3n) is 11.9. The molecule has 0 saturated heterocycles. The van der Waals surface area contributed by atoms with Crippen LogP contribution in [0.25, 0.3) is 117 Å². The number of rotatable bonds is 7. The van der Waals surface area contributed by atoms with E-state index in [1.54, 1.807) is 0 Å². The number of hydrogen-bond acceptors (Lipinski definition) is 4. The Kier molecular flexibility index (Phi) is 8.42. The van der Waals surface area contributed by atoms with Crippen molar-refractivity contribution in [2.24, 2.45) is 0 Å². The van der Waals surface area contributed by atoms with Crippen LogP contribution in [-0.2, 0) is 0 Å². The van der Waals surface area contributed by atoms with E-state index in [1.165, 1.54) is 0 Å². The van der Waals surface area contributed by atoms with Crippen LogP contribution in [0.3, 0.4) is 0 Å². The minimum atomic E-state index is 0.578. The van der Waals surface area contributed by atoms with Crippen LogP contribution in [0.15, 0.2) is 223 Å². The molecule has 5 heteroatoms. The van der Waals surface area contributed by atoms with Gasteiger partial charge in [0.05, 0.1) is 16.7 Å². The van der Waals surface area contributed by atoms with Crippen molar-refractivity contribution in [3.63, 3.8) is 0 Å². The molecular formula is C57H36N4O.